The molecule has 0 unspecified atom stereocenters. The molecule has 1 aliphatic rings. The van der Waals surface area contributed by atoms with Gasteiger partial charge in [0.05, 0.1) is 10.8 Å². The standard InChI is InChI=1S/C18H18F2N4O3S2/c1-11(2)29(25,26)24(18(8-9-18)12-6-4-3-5-7-12)17-21-13(10-28-17)15-22-23-16(27-15)14(19)20/h3-7,10-11,14H,8-9H2,1-2H3. The van der Waals surface area contributed by atoms with Crippen LogP contribution in [0, 0.1) is 0 Å². The first-order valence-electron chi connectivity index (χ1n) is 8.93. The molecule has 4 rings (SSSR count). The van der Waals surface area contributed by atoms with E-state index in [0.29, 0.717) is 12.8 Å². The molecular weight excluding hydrogens is 422 g/mol. The number of hydrogen-bond donors (Lipinski definition) is 0. The van der Waals surface area contributed by atoms with Crippen LogP contribution in [0.5, 0.6) is 0 Å². The lowest BCUT2D eigenvalue weighted by Crippen LogP contribution is -2.44. The van der Waals surface area contributed by atoms with Crippen molar-refractivity contribution in [2.24, 2.45) is 0 Å². The first-order chi connectivity index (χ1) is 13.8. The Labute approximate surface area is 170 Å². The van der Waals surface area contributed by atoms with Gasteiger partial charge >= 0.3 is 6.43 Å². The van der Waals surface area contributed by atoms with Crippen molar-refractivity contribution in [1.29, 1.82) is 0 Å². The molecule has 11 heteroatoms. The van der Waals surface area contributed by atoms with Gasteiger partial charge in [-0.25, -0.2) is 17.7 Å². The van der Waals surface area contributed by atoms with Gasteiger partial charge in [-0.3, -0.25) is 0 Å². The van der Waals surface area contributed by atoms with E-state index in [0.717, 1.165) is 16.9 Å². The molecular formula is C18H18F2N4O3S2. The van der Waals surface area contributed by atoms with Gasteiger partial charge in [0.2, 0.25) is 15.2 Å². The van der Waals surface area contributed by atoms with Gasteiger partial charge in [-0.05, 0) is 32.3 Å². The van der Waals surface area contributed by atoms with Gasteiger partial charge in [0.25, 0.3) is 11.8 Å². The van der Waals surface area contributed by atoms with Crippen molar-refractivity contribution in [3.05, 3.63) is 47.2 Å². The second-order valence-electron chi connectivity index (χ2n) is 7.02. The Morgan fingerprint density at radius 2 is 1.86 bits per heavy atom. The van der Waals surface area contributed by atoms with Crippen molar-refractivity contribution in [3.8, 4) is 11.6 Å². The fourth-order valence-corrected chi connectivity index (χ4v) is 5.79. The highest BCUT2D eigenvalue weighted by molar-refractivity contribution is 7.93. The lowest BCUT2D eigenvalue weighted by atomic mass is 10.1. The molecule has 0 spiro atoms. The van der Waals surface area contributed by atoms with Crippen LogP contribution in [0.3, 0.4) is 0 Å². The van der Waals surface area contributed by atoms with Crippen LogP contribution in [-0.4, -0.2) is 28.8 Å². The Morgan fingerprint density at radius 3 is 2.41 bits per heavy atom. The van der Waals surface area contributed by atoms with E-state index in [9.17, 15) is 17.2 Å². The quantitative estimate of drug-likeness (QED) is 0.542. The third-order valence-electron chi connectivity index (χ3n) is 4.79. The van der Waals surface area contributed by atoms with Gasteiger partial charge in [0, 0.05) is 5.38 Å². The number of rotatable bonds is 7. The smallest absolute Gasteiger partial charge is 0.314 e. The molecule has 1 aromatic carbocycles. The van der Waals surface area contributed by atoms with Crippen LogP contribution in [0.1, 0.15) is 44.6 Å². The van der Waals surface area contributed by atoms with Gasteiger partial charge in [0.1, 0.15) is 5.69 Å². The molecule has 29 heavy (non-hydrogen) atoms. The number of hydrogen-bond acceptors (Lipinski definition) is 7. The summed E-state index contributed by atoms with van der Waals surface area (Å²) in [5, 5.41) is 8.00. The summed E-state index contributed by atoms with van der Waals surface area (Å²) in [7, 11) is -3.72. The molecule has 3 aromatic rings. The number of halogens is 2. The molecule has 0 bridgehead atoms. The third kappa shape index (κ3) is 3.42. The van der Waals surface area contributed by atoms with E-state index in [1.807, 2.05) is 30.3 Å². The summed E-state index contributed by atoms with van der Waals surface area (Å²) < 4.78 is 58.3. The van der Waals surface area contributed by atoms with E-state index in [-0.39, 0.29) is 16.7 Å². The highest BCUT2D eigenvalue weighted by Crippen LogP contribution is 2.55. The lowest BCUT2D eigenvalue weighted by Gasteiger charge is -2.32. The van der Waals surface area contributed by atoms with E-state index in [4.69, 9.17) is 4.42 Å². The fraction of sp³-hybridized carbons (Fsp3) is 0.389. The minimum absolute atomic E-state index is 0.164. The first kappa shape index (κ1) is 19.9. The molecule has 0 saturated heterocycles. The minimum Gasteiger partial charge on any atom is -0.414 e. The maximum Gasteiger partial charge on any atom is 0.314 e. The van der Waals surface area contributed by atoms with Crippen LogP contribution < -0.4 is 4.31 Å². The first-order valence-corrected chi connectivity index (χ1v) is 11.3. The predicted molar refractivity (Wildman–Crippen MR) is 104 cm³/mol. The summed E-state index contributed by atoms with van der Waals surface area (Å²) in [5.41, 5.74) is 0.346. The molecule has 0 N–H and O–H groups in total. The average Bonchev–Trinajstić information content (AvgIpc) is 3.10. The predicted octanol–water partition coefficient (Wildman–Crippen LogP) is 4.36. The van der Waals surface area contributed by atoms with Gasteiger partial charge < -0.3 is 4.42 Å². The minimum atomic E-state index is -3.72. The summed E-state index contributed by atoms with van der Waals surface area (Å²) in [6.45, 7) is 3.23. The number of benzene rings is 1. The summed E-state index contributed by atoms with van der Waals surface area (Å²) in [5.74, 6) is -0.974. The van der Waals surface area contributed by atoms with Crippen molar-refractivity contribution in [2.45, 2.75) is 43.9 Å². The van der Waals surface area contributed by atoms with E-state index in [2.05, 4.69) is 15.2 Å². The molecule has 7 nitrogen and oxygen atoms in total. The average molecular weight is 440 g/mol. The number of sulfonamides is 1. The summed E-state index contributed by atoms with van der Waals surface area (Å²) in [4.78, 5) is 4.36. The van der Waals surface area contributed by atoms with Gasteiger partial charge in [-0.2, -0.15) is 8.78 Å². The Kier molecular flexibility index (Phi) is 4.89. The van der Waals surface area contributed by atoms with Crippen molar-refractivity contribution in [1.82, 2.24) is 15.2 Å². The maximum atomic E-state index is 13.3. The zero-order chi connectivity index (χ0) is 20.8. The zero-order valence-electron chi connectivity index (χ0n) is 15.6. The van der Waals surface area contributed by atoms with Crippen LogP contribution in [0.2, 0.25) is 0 Å². The molecule has 2 aromatic heterocycles. The van der Waals surface area contributed by atoms with Gasteiger partial charge in [0.15, 0.2) is 0 Å². The molecule has 0 atom stereocenters. The Bertz CT molecular complexity index is 1110. The Balaban J connectivity index is 1.78. The second kappa shape index (κ2) is 7.13. The summed E-state index contributed by atoms with van der Waals surface area (Å²) >= 11 is 1.10. The monoisotopic (exact) mass is 440 g/mol. The summed E-state index contributed by atoms with van der Waals surface area (Å²) in [6.07, 6.45) is -1.57. The molecule has 0 radical (unpaired) electrons. The highest BCUT2D eigenvalue weighted by atomic mass is 32.2. The number of nitrogens with zero attached hydrogens (tertiary/aromatic N) is 4. The van der Waals surface area contributed by atoms with E-state index in [1.54, 1.807) is 13.8 Å². The number of alkyl halides is 2. The Hall–Kier alpha value is -2.40. The second-order valence-corrected chi connectivity index (χ2v) is 10.2. The fourth-order valence-electron chi connectivity index (χ4n) is 3.10. The van der Waals surface area contributed by atoms with Crippen LogP contribution >= 0.6 is 11.3 Å². The zero-order valence-corrected chi connectivity index (χ0v) is 17.3. The number of aromatic nitrogens is 3. The molecule has 0 aliphatic heterocycles. The molecule has 0 amide bonds. The topological polar surface area (TPSA) is 89.2 Å². The SMILES string of the molecule is CC(C)S(=O)(=O)N(c1nc(-c2nnc(C(F)F)o2)cs1)C1(c2ccccc2)CC1. The normalized spacial score (nSPS) is 15.8. The molecule has 154 valence electrons. The van der Waals surface area contributed by atoms with E-state index < -0.39 is 33.1 Å². The molecule has 1 aliphatic carbocycles. The molecule has 2 heterocycles. The largest absolute Gasteiger partial charge is 0.414 e. The Morgan fingerprint density at radius 1 is 1.17 bits per heavy atom. The van der Waals surface area contributed by atoms with E-state index >= 15 is 0 Å². The van der Waals surface area contributed by atoms with Crippen molar-refractivity contribution in [3.63, 3.8) is 0 Å². The van der Waals surface area contributed by atoms with E-state index in [1.165, 1.54) is 9.69 Å². The van der Waals surface area contributed by atoms with Crippen molar-refractivity contribution in [2.75, 3.05) is 4.31 Å². The third-order valence-corrected chi connectivity index (χ3v) is 7.95. The van der Waals surface area contributed by atoms with Crippen molar-refractivity contribution < 1.29 is 21.6 Å². The van der Waals surface area contributed by atoms with Crippen molar-refractivity contribution >= 4 is 26.5 Å². The molecule has 1 saturated carbocycles. The van der Waals surface area contributed by atoms with Crippen LogP contribution in [0.25, 0.3) is 11.6 Å². The van der Waals surface area contributed by atoms with Gasteiger partial charge in [-0.15, -0.1) is 21.5 Å². The van der Waals surface area contributed by atoms with Crippen LogP contribution in [0.15, 0.2) is 40.1 Å². The number of anilines is 1. The van der Waals surface area contributed by atoms with Crippen LogP contribution in [0.4, 0.5) is 13.9 Å². The van der Waals surface area contributed by atoms with Crippen LogP contribution in [-0.2, 0) is 15.6 Å². The highest BCUT2D eigenvalue weighted by Gasteiger charge is 2.55. The van der Waals surface area contributed by atoms with Gasteiger partial charge in [-0.1, -0.05) is 30.3 Å². The number of thiazole rings is 1. The lowest BCUT2D eigenvalue weighted by molar-refractivity contribution is 0.116. The molecule has 1 fully saturated rings. The maximum absolute atomic E-state index is 13.3. The summed E-state index contributed by atoms with van der Waals surface area (Å²) in [6, 6.07) is 9.41.